The van der Waals surface area contributed by atoms with Gasteiger partial charge < -0.3 is 10.1 Å². The first-order valence-electron chi connectivity index (χ1n) is 5.73. The molecule has 0 radical (unpaired) electrons. The number of benzene rings is 1. The quantitative estimate of drug-likeness (QED) is 0.742. The molecule has 0 spiro atoms. The molecular formula is C14H21NO. The molecule has 1 rings (SSSR count). The van der Waals surface area contributed by atoms with E-state index in [4.69, 9.17) is 4.74 Å². The van der Waals surface area contributed by atoms with E-state index in [1.807, 2.05) is 32.1 Å². The highest BCUT2D eigenvalue weighted by Crippen LogP contribution is 2.14. The van der Waals surface area contributed by atoms with Crippen molar-refractivity contribution in [3.05, 3.63) is 42.5 Å². The largest absolute Gasteiger partial charge is 0.491 e. The van der Waals surface area contributed by atoms with Gasteiger partial charge in [-0.2, -0.15) is 0 Å². The lowest BCUT2D eigenvalue weighted by Gasteiger charge is -2.12. The third-order valence-electron chi connectivity index (χ3n) is 2.25. The van der Waals surface area contributed by atoms with Crippen molar-refractivity contribution in [3.8, 4) is 5.75 Å². The van der Waals surface area contributed by atoms with E-state index in [1.165, 1.54) is 5.56 Å². The second-order valence-corrected chi connectivity index (χ2v) is 4.22. The summed E-state index contributed by atoms with van der Waals surface area (Å²) in [6.45, 7) is 10.7. The summed E-state index contributed by atoms with van der Waals surface area (Å²) in [5, 5.41) is 3.36. The lowest BCUT2D eigenvalue weighted by Crippen LogP contribution is -2.22. The second kappa shape index (κ2) is 6.33. The van der Waals surface area contributed by atoms with Crippen LogP contribution in [-0.2, 0) is 6.54 Å². The SMILES string of the molecule is C=CC(C)NCc1cccc(OC(C)C)c1. The third kappa shape index (κ3) is 4.49. The maximum absolute atomic E-state index is 5.64. The minimum absolute atomic E-state index is 0.218. The van der Waals surface area contributed by atoms with Crippen molar-refractivity contribution in [2.45, 2.75) is 39.5 Å². The Kier molecular flexibility index (Phi) is 5.06. The normalized spacial score (nSPS) is 12.5. The Morgan fingerprint density at radius 2 is 2.12 bits per heavy atom. The first-order valence-corrected chi connectivity index (χ1v) is 5.73. The minimum atomic E-state index is 0.218. The molecular weight excluding hydrogens is 198 g/mol. The van der Waals surface area contributed by atoms with Crippen LogP contribution in [0.15, 0.2) is 36.9 Å². The first kappa shape index (κ1) is 12.8. The number of nitrogens with one attached hydrogen (secondary N) is 1. The van der Waals surface area contributed by atoms with E-state index in [0.29, 0.717) is 6.04 Å². The monoisotopic (exact) mass is 219 g/mol. The predicted octanol–water partition coefficient (Wildman–Crippen LogP) is 3.14. The molecule has 0 aliphatic carbocycles. The molecule has 0 bridgehead atoms. The molecule has 0 amide bonds. The van der Waals surface area contributed by atoms with Crippen molar-refractivity contribution >= 4 is 0 Å². The number of hydrogen-bond acceptors (Lipinski definition) is 2. The molecule has 0 saturated carbocycles. The molecule has 2 nitrogen and oxygen atoms in total. The molecule has 1 aromatic rings. The Labute approximate surface area is 98.3 Å². The molecule has 0 aliphatic rings. The highest BCUT2D eigenvalue weighted by atomic mass is 16.5. The topological polar surface area (TPSA) is 21.3 Å². The average molecular weight is 219 g/mol. The van der Waals surface area contributed by atoms with Crippen molar-refractivity contribution < 1.29 is 4.74 Å². The van der Waals surface area contributed by atoms with E-state index in [2.05, 4.69) is 31.0 Å². The van der Waals surface area contributed by atoms with Gasteiger partial charge in [0.15, 0.2) is 0 Å². The van der Waals surface area contributed by atoms with Crippen molar-refractivity contribution in [2.75, 3.05) is 0 Å². The first-order chi connectivity index (χ1) is 7.61. The minimum Gasteiger partial charge on any atom is -0.491 e. The number of hydrogen-bond donors (Lipinski definition) is 1. The summed E-state index contributed by atoms with van der Waals surface area (Å²) in [5.41, 5.74) is 1.23. The van der Waals surface area contributed by atoms with Gasteiger partial charge in [-0.1, -0.05) is 18.2 Å². The maximum atomic E-state index is 5.64. The third-order valence-corrected chi connectivity index (χ3v) is 2.25. The summed E-state index contributed by atoms with van der Waals surface area (Å²) in [4.78, 5) is 0. The van der Waals surface area contributed by atoms with E-state index < -0.39 is 0 Å². The van der Waals surface area contributed by atoms with Gasteiger partial charge in [0.05, 0.1) is 6.10 Å². The van der Waals surface area contributed by atoms with Gasteiger partial charge >= 0.3 is 0 Å². The highest BCUT2D eigenvalue weighted by Gasteiger charge is 2.00. The van der Waals surface area contributed by atoms with Crippen LogP contribution in [0, 0.1) is 0 Å². The zero-order valence-electron chi connectivity index (χ0n) is 10.4. The van der Waals surface area contributed by atoms with Crippen LogP contribution in [0.5, 0.6) is 5.75 Å². The fourth-order valence-electron chi connectivity index (χ4n) is 1.36. The second-order valence-electron chi connectivity index (χ2n) is 4.22. The number of rotatable bonds is 6. The van der Waals surface area contributed by atoms with Crippen LogP contribution in [0.1, 0.15) is 26.3 Å². The van der Waals surface area contributed by atoms with E-state index in [-0.39, 0.29) is 6.10 Å². The Morgan fingerprint density at radius 3 is 2.75 bits per heavy atom. The van der Waals surface area contributed by atoms with Crippen LogP contribution < -0.4 is 10.1 Å². The molecule has 0 aromatic heterocycles. The summed E-state index contributed by atoms with van der Waals surface area (Å²) in [6.07, 6.45) is 2.12. The Morgan fingerprint density at radius 1 is 1.38 bits per heavy atom. The predicted molar refractivity (Wildman–Crippen MR) is 68.7 cm³/mol. The highest BCUT2D eigenvalue weighted by molar-refractivity contribution is 5.28. The zero-order valence-corrected chi connectivity index (χ0v) is 10.4. The fourth-order valence-corrected chi connectivity index (χ4v) is 1.36. The summed E-state index contributed by atoms with van der Waals surface area (Å²) in [6, 6.07) is 8.50. The Hall–Kier alpha value is -1.28. The van der Waals surface area contributed by atoms with Crippen LogP contribution in [0.25, 0.3) is 0 Å². The smallest absolute Gasteiger partial charge is 0.120 e. The van der Waals surface area contributed by atoms with E-state index in [0.717, 1.165) is 12.3 Å². The van der Waals surface area contributed by atoms with Crippen LogP contribution >= 0.6 is 0 Å². The molecule has 1 unspecified atom stereocenters. The Balaban J connectivity index is 2.56. The van der Waals surface area contributed by atoms with Gasteiger partial charge in [0, 0.05) is 12.6 Å². The van der Waals surface area contributed by atoms with Crippen LogP contribution in [-0.4, -0.2) is 12.1 Å². The molecule has 88 valence electrons. The van der Waals surface area contributed by atoms with Crippen molar-refractivity contribution in [2.24, 2.45) is 0 Å². The molecule has 1 N–H and O–H groups in total. The molecule has 0 aliphatic heterocycles. The van der Waals surface area contributed by atoms with Gasteiger partial charge in [-0.25, -0.2) is 0 Å². The van der Waals surface area contributed by atoms with Crippen molar-refractivity contribution in [3.63, 3.8) is 0 Å². The van der Waals surface area contributed by atoms with Gasteiger partial charge in [-0.05, 0) is 38.5 Å². The molecule has 0 heterocycles. The molecule has 0 saturated heterocycles. The van der Waals surface area contributed by atoms with E-state index >= 15 is 0 Å². The standard InChI is InChI=1S/C14H21NO/c1-5-12(4)15-10-13-7-6-8-14(9-13)16-11(2)3/h5-9,11-12,15H,1,10H2,2-4H3. The van der Waals surface area contributed by atoms with Crippen molar-refractivity contribution in [1.82, 2.24) is 5.32 Å². The van der Waals surface area contributed by atoms with E-state index in [1.54, 1.807) is 0 Å². The van der Waals surface area contributed by atoms with Crippen LogP contribution in [0.2, 0.25) is 0 Å². The molecule has 16 heavy (non-hydrogen) atoms. The molecule has 1 aromatic carbocycles. The summed E-state index contributed by atoms with van der Waals surface area (Å²) in [5.74, 6) is 0.931. The number of ether oxygens (including phenoxy) is 1. The van der Waals surface area contributed by atoms with Crippen molar-refractivity contribution in [1.29, 1.82) is 0 Å². The molecule has 0 fully saturated rings. The van der Waals surface area contributed by atoms with Gasteiger partial charge in [0.25, 0.3) is 0 Å². The van der Waals surface area contributed by atoms with E-state index in [9.17, 15) is 0 Å². The summed E-state index contributed by atoms with van der Waals surface area (Å²) >= 11 is 0. The molecule has 2 heteroatoms. The van der Waals surface area contributed by atoms with Gasteiger partial charge in [0.1, 0.15) is 5.75 Å². The average Bonchev–Trinajstić information content (AvgIpc) is 2.25. The fraction of sp³-hybridized carbons (Fsp3) is 0.429. The van der Waals surface area contributed by atoms with Crippen LogP contribution in [0.4, 0.5) is 0 Å². The summed E-state index contributed by atoms with van der Waals surface area (Å²) < 4.78 is 5.64. The van der Waals surface area contributed by atoms with Crippen LogP contribution in [0.3, 0.4) is 0 Å². The molecule has 1 atom stereocenters. The van der Waals surface area contributed by atoms with Gasteiger partial charge in [-0.3, -0.25) is 0 Å². The summed E-state index contributed by atoms with van der Waals surface area (Å²) in [7, 11) is 0. The maximum Gasteiger partial charge on any atom is 0.120 e. The van der Waals surface area contributed by atoms with Gasteiger partial charge in [-0.15, -0.1) is 6.58 Å². The lowest BCUT2D eigenvalue weighted by molar-refractivity contribution is 0.242. The zero-order chi connectivity index (χ0) is 12.0. The Bertz CT molecular complexity index is 333. The van der Waals surface area contributed by atoms with Gasteiger partial charge in [0.2, 0.25) is 0 Å². The lowest BCUT2D eigenvalue weighted by atomic mass is 10.2.